The third-order valence-corrected chi connectivity index (χ3v) is 8.45. The van der Waals surface area contributed by atoms with Gasteiger partial charge in [0.2, 0.25) is 0 Å². The molecule has 0 fully saturated rings. The topological polar surface area (TPSA) is 50.0 Å². The van der Waals surface area contributed by atoms with Crippen molar-refractivity contribution < 1.29 is 4.79 Å². The fraction of sp³-hybridized carbons (Fsp3) is 0.114. The van der Waals surface area contributed by atoms with Gasteiger partial charge in [0.05, 0.1) is 23.6 Å². The second-order valence-corrected chi connectivity index (χ2v) is 11.1. The molecule has 2 aliphatic rings. The minimum atomic E-state index is 0.0886. The summed E-state index contributed by atoms with van der Waals surface area (Å²) in [5.74, 6) is 2.17. The maximum absolute atomic E-state index is 13.0. The lowest BCUT2D eigenvalue weighted by Crippen LogP contribution is -2.36. The maximum atomic E-state index is 13.0. The Kier molecular flexibility index (Phi) is 6.61. The van der Waals surface area contributed by atoms with Crippen LogP contribution >= 0.6 is 11.8 Å². The Morgan fingerprint density at radius 3 is 2.10 bits per heavy atom. The highest BCUT2D eigenvalue weighted by Crippen LogP contribution is 2.48. The van der Waals surface area contributed by atoms with E-state index >= 15 is 0 Å². The predicted octanol–water partition coefficient (Wildman–Crippen LogP) is 7.80. The molecule has 7 rings (SSSR count). The smallest absolute Gasteiger partial charge is 0.173 e. The number of thioether (sulfide) groups is 1. The van der Waals surface area contributed by atoms with Crippen molar-refractivity contribution >= 4 is 34.4 Å². The number of rotatable bonds is 6. The number of aliphatic imine (C=N–C) groups is 2. The number of aryl methyl sites for hydroxylation is 1. The van der Waals surface area contributed by atoms with Crippen LogP contribution in [0.15, 0.2) is 125 Å². The molecule has 1 aromatic heterocycles. The monoisotopic (exact) mass is 552 g/mol. The van der Waals surface area contributed by atoms with Gasteiger partial charge in [-0.25, -0.2) is 4.99 Å². The van der Waals surface area contributed by atoms with Gasteiger partial charge in [-0.05, 0) is 30.2 Å². The van der Waals surface area contributed by atoms with Crippen LogP contribution in [-0.4, -0.2) is 45.1 Å². The highest BCUT2D eigenvalue weighted by Gasteiger charge is 2.37. The summed E-state index contributed by atoms with van der Waals surface area (Å²) in [5, 5.41) is 0.808. The first kappa shape index (κ1) is 25.3. The lowest BCUT2D eigenvalue weighted by molar-refractivity contribution is 0.102. The molecule has 0 N–H and O–H groups in total. The maximum Gasteiger partial charge on any atom is 0.173 e. The van der Waals surface area contributed by atoms with E-state index < -0.39 is 0 Å². The number of aromatic nitrogens is 1. The molecular weight excluding hydrogens is 524 g/mol. The van der Waals surface area contributed by atoms with Crippen molar-refractivity contribution in [2.24, 2.45) is 9.98 Å². The number of carbonyl (C=O) groups is 1. The summed E-state index contributed by atoms with van der Waals surface area (Å²) in [6, 6.07) is 39.1. The largest absolute Gasteiger partial charge is 0.303 e. The standard InChI is InChI=1S/C35H28N4OS/c1-24-17-19-28(20-18-24)39-32(27-15-9-4-10-16-27)30(26-13-7-3-8-14-26)31-33-36-21-22-38(33)35(37-34(31)39)41-23-29(40)25-11-5-2-6-12-25/h2-20H,21-23H2,1H3. The molecule has 6 heteroatoms. The molecule has 4 aromatic carbocycles. The molecule has 0 spiro atoms. The van der Waals surface area contributed by atoms with Crippen molar-refractivity contribution in [1.29, 1.82) is 0 Å². The number of fused-ring (bicyclic) bond motifs is 3. The molecule has 0 amide bonds. The first-order valence-corrected chi connectivity index (χ1v) is 14.8. The van der Waals surface area contributed by atoms with E-state index in [2.05, 4.69) is 89.2 Å². The van der Waals surface area contributed by atoms with E-state index in [-0.39, 0.29) is 5.78 Å². The number of carbonyl (C=O) groups excluding carboxylic acids is 1. The van der Waals surface area contributed by atoms with E-state index in [0.717, 1.165) is 57.0 Å². The van der Waals surface area contributed by atoms with Crippen LogP contribution in [0.2, 0.25) is 0 Å². The summed E-state index contributed by atoms with van der Waals surface area (Å²) < 4.78 is 2.27. The molecule has 0 bridgehead atoms. The van der Waals surface area contributed by atoms with Gasteiger partial charge in [0.25, 0.3) is 0 Å². The molecule has 0 saturated carbocycles. The van der Waals surface area contributed by atoms with Gasteiger partial charge >= 0.3 is 0 Å². The first-order valence-electron chi connectivity index (χ1n) is 13.8. The molecule has 0 atom stereocenters. The van der Waals surface area contributed by atoms with Gasteiger partial charge in [0, 0.05) is 23.4 Å². The van der Waals surface area contributed by atoms with Crippen molar-refractivity contribution in [2.75, 3.05) is 18.8 Å². The van der Waals surface area contributed by atoms with Gasteiger partial charge in [-0.3, -0.25) is 14.4 Å². The Balaban J connectivity index is 1.46. The van der Waals surface area contributed by atoms with Gasteiger partial charge in [-0.15, -0.1) is 0 Å². The average Bonchev–Trinajstić information content (AvgIpc) is 3.65. The van der Waals surface area contributed by atoms with Gasteiger partial charge in [0.15, 0.2) is 16.8 Å². The molecule has 0 radical (unpaired) electrons. The van der Waals surface area contributed by atoms with E-state index in [0.29, 0.717) is 17.9 Å². The molecular formula is C35H28N4OS. The van der Waals surface area contributed by atoms with Crippen LogP contribution in [0.1, 0.15) is 21.5 Å². The molecule has 0 saturated heterocycles. The van der Waals surface area contributed by atoms with Gasteiger partial charge in [-0.1, -0.05) is 120 Å². The Morgan fingerprint density at radius 2 is 1.41 bits per heavy atom. The predicted molar refractivity (Wildman–Crippen MR) is 170 cm³/mol. The minimum absolute atomic E-state index is 0.0886. The quantitative estimate of drug-likeness (QED) is 0.202. The lowest BCUT2D eigenvalue weighted by atomic mass is 9.96. The van der Waals surface area contributed by atoms with E-state index in [1.807, 2.05) is 42.5 Å². The number of ketones is 1. The van der Waals surface area contributed by atoms with Gasteiger partial charge in [0.1, 0.15) is 5.84 Å². The first-order chi connectivity index (χ1) is 20.2. The summed E-state index contributed by atoms with van der Waals surface area (Å²) in [5.41, 5.74) is 8.41. The Morgan fingerprint density at radius 1 is 0.780 bits per heavy atom. The zero-order valence-corrected chi connectivity index (χ0v) is 23.5. The van der Waals surface area contributed by atoms with Crippen molar-refractivity contribution in [1.82, 2.24) is 9.47 Å². The zero-order chi connectivity index (χ0) is 27.8. The molecule has 3 heterocycles. The Hall–Kier alpha value is -4.68. The number of amidine groups is 2. The lowest BCUT2D eigenvalue weighted by Gasteiger charge is -2.26. The van der Waals surface area contributed by atoms with E-state index in [4.69, 9.17) is 9.98 Å². The number of hydrogen-bond acceptors (Lipinski definition) is 5. The van der Waals surface area contributed by atoms with Crippen LogP contribution in [0.4, 0.5) is 5.82 Å². The zero-order valence-electron chi connectivity index (χ0n) is 22.7. The number of benzene rings is 4. The third-order valence-electron chi connectivity index (χ3n) is 7.47. The van der Waals surface area contributed by atoms with Crippen LogP contribution in [0, 0.1) is 6.92 Å². The number of hydrogen-bond donors (Lipinski definition) is 0. The van der Waals surface area contributed by atoms with Gasteiger partial charge < -0.3 is 4.90 Å². The van der Waals surface area contributed by atoms with Crippen LogP contribution in [0.3, 0.4) is 0 Å². The van der Waals surface area contributed by atoms with E-state index in [1.165, 1.54) is 17.3 Å². The van der Waals surface area contributed by atoms with Crippen molar-refractivity contribution in [3.8, 4) is 28.1 Å². The molecule has 5 aromatic rings. The molecule has 2 aliphatic heterocycles. The van der Waals surface area contributed by atoms with Gasteiger partial charge in [-0.2, -0.15) is 0 Å². The molecule has 5 nitrogen and oxygen atoms in total. The van der Waals surface area contributed by atoms with Crippen molar-refractivity contribution in [2.45, 2.75) is 6.92 Å². The van der Waals surface area contributed by atoms with E-state index in [1.54, 1.807) is 0 Å². The highest BCUT2D eigenvalue weighted by molar-refractivity contribution is 8.14. The SMILES string of the molecule is Cc1ccc(-n2c3c(c(-c4ccccc4)c2-c2ccccc2)C2=NCCN2C(SCC(=O)c2ccccc2)=N3)cc1. The molecule has 0 aliphatic carbocycles. The fourth-order valence-electron chi connectivity index (χ4n) is 5.52. The van der Waals surface area contributed by atoms with Crippen molar-refractivity contribution in [3.63, 3.8) is 0 Å². The molecule has 41 heavy (non-hydrogen) atoms. The third kappa shape index (κ3) is 4.60. The molecule has 0 unspecified atom stereocenters. The summed E-state index contributed by atoms with van der Waals surface area (Å²) >= 11 is 1.49. The number of nitrogens with zero attached hydrogens (tertiary/aromatic N) is 4. The van der Waals surface area contributed by atoms with Crippen LogP contribution < -0.4 is 0 Å². The second kappa shape index (κ2) is 10.7. The average molecular weight is 553 g/mol. The summed E-state index contributed by atoms with van der Waals surface area (Å²) in [6.45, 7) is 3.53. The van der Waals surface area contributed by atoms with Crippen LogP contribution in [0.25, 0.3) is 28.1 Å². The number of Topliss-reactive ketones (excluding diaryl/α,β-unsaturated/α-hetero) is 1. The molecule has 200 valence electrons. The second-order valence-electron chi connectivity index (χ2n) is 10.2. The summed E-state index contributed by atoms with van der Waals surface area (Å²) in [4.78, 5) is 25.6. The summed E-state index contributed by atoms with van der Waals surface area (Å²) in [7, 11) is 0. The Labute approximate surface area is 243 Å². The normalized spacial score (nSPS) is 13.8. The minimum Gasteiger partial charge on any atom is -0.303 e. The summed E-state index contributed by atoms with van der Waals surface area (Å²) in [6.07, 6.45) is 0. The Bertz CT molecular complexity index is 1790. The fourth-order valence-corrected chi connectivity index (χ4v) is 6.44. The van der Waals surface area contributed by atoms with E-state index in [9.17, 15) is 4.79 Å². The van der Waals surface area contributed by atoms with Crippen LogP contribution in [-0.2, 0) is 0 Å². The van der Waals surface area contributed by atoms with Crippen molar-refractivity contribution in [3.05, 3.63) is 132 Å². The highest BCUT2D eigenvalue weighted by atomic mass is 32.2. The van der Waals surface area contributed by atoms with Crippen LogP contribution in [0.5, 0.6) is 0 Å².